The molecule has 34 heteroatoms. The van der Waals surface area contributed by atoms with Crippen LogP contribution in [-0.2, 0) is 86.2 Å². The summed E-state index contributed by atoms with van der Waals surface area (Å²) in [5.41, 5.74) is 3.89. The van der Waals surface area contributed by atoms with E-state index in [9.17, 15) is 47.9 Å². The average Bonchev–Trinajstić information content (AvgIpc) is 2.13. The maximum Gasteiger partial charge on any atom is 0.285 e. The van der Waals surface area contributed by atoms with Gasteiger partial charge in [-0.3, -0.25) is 72.1 Å². The number of imide groups is 5. The number of carbonyl (C=O) groups is 10. The smallest absolute Gasteiger partial charge is 0.285 e. The van der Waals surface area contributed by atoms with Crippen LogP contribution in [0.4, 0.5) is 0 Å². The van der Waals surface area contributed by atoms with Crippen LogP contribution in [-0.4, -0.2) is 221 Å². The van der Waals surface area contributed by atoms with Crippen molar-refractivity contribution in [1.82, 2.24) is 60.6 Å². The Morgan fingerprint density at radius 2 is 0.851 bits per heavy atom. The summed E-state index contributed by atoms with van der Waals surface area (Å²) in [5.74, 6) is -3.98. The third-order valence-electron chi connectivity index (χ3n) is 11.8. The number of fused-ring (bicyclic) bond motifs is 3. The minimum Gasteiger partial charge on any atom is -0.398 e. The molecule has 0 aliphatic carbocycles. The predicted molar refractivity (Wildman–Crippen MR) is 292 cm³/mol. The SMILES string of the molecule is CCCOCOC1CC(=O)N(OC)C1=O.CCCOCOC1CC(=O)N(OC)C1=O.CCOC1CC(=O)N(OC)C1=O.CON1C(=O)CC(C)C1=O.CON1C(=O)c2ccccc2C1=O.COn1nnc2ccccc21.COn1nnc2cccnc21. The van der Waals surface area contributed by atoms with Crippen molar-refractivity contribution in [2.24, 2.45) is 5.92 Å². The Morgan fingerprint density at radius 1 is 0.448 bits per heavy atom. The minimum atomic E-state index is -0.769. The zero-order valence-electron chi connectivity index (χ0n) is 49.8. The number of para-hydroxylation sites is 1. The summed E-state index contributed by atoms with van der Waals surface area (Å²) < 4.78 is 25.3. The number of hydroxylamine groups is 10. The normalized spacial score (nSPS) is 18.5. The second kappa shape index (κ2) is 36.3. The van der Waals surface area contributed by atoms with Gasteiger partial charge in [0.05, 0.1) is 65.9 Å². The van der Waals surface area contributed by atoms with Gasteiger partial charge >= 0.3 is 0 Å². The topological polar surface area (TPSA) is 372 Å². The van der Waals surface area contributed by atoms with E-state index in [1.165, 1.54) is 52.3 Å². The Kier molecular flexibility index (Phi) is 29.5. The number of carbonyl (C=O) groups excluding carboxylic acids is 10. The molecule has 5 aliphatic rings. The van der Waals surface area contributed by atoms with Crippen LogP contribution >= 0.6 is 0 Å². The highest BCUT2D eigenvalue weighted by Crippen LogP contribution is 2.23. The molecule has 10 amide bonds. The Bertz CT molecular complexity index is 2970. The van der Waals surface area contributed by atoms with E-state index in [4.69, 9.17) is 33.4 Å². The highest BCUT2D eigenvalue weighted by Gasteiger charge is 2.42. The number of rotatable bonds is 19. The van der Waals surface area contributed by atoms with Gasteiger partial charge in [-0.1, -0.05) is 54.7 Å². The number of ether oxygens (including phenoxy) is 5. The van der Waals surface area contributed by atoms with Gasteiger partial charge in [0.15, 0.2) is 12.2 Å². The summed E-state index contributed by atoms with van der Waals surface area (Å²) in [6.45, 7) is 9.03. The number of pyridine rings is 1. The lowest BCUT2D eigenvalue weighted by Gasteiger charge is -2.11. The third-order valence-corrected chi connectivity index (χ3v) is 11.8. The number of aromatic nitrogens is 7. The van der Waals surface area contributed by atoms with Gasteiger partial charge in [-0.25, -0.2) is 4.98 Å². The summed E-state index contributed by atoms with van der Waals surface area (Å²) in [6.07, 6.45) is 1.63. The molecule has 474 valence electrons. The monoisotopic (exact) mass is 1230 g/mol. The second-order valence-electron chi connectivity index (χ2n) is 17.6. The van der Waals surface area contributed by atoms with Crippen molar-refractivity contribution >= 4 is 81.3 Å². The van der Waals surface area contributed by atoms with Crippen LogP contribution in [0.25, 0.3) is 22.2 Å². The molecule has 4 unspecified atom stereocenters. The maximum absolute atomic E-state index is 11.4. The fourth-order valence-electron chi connectivity index (χ4n) is 7.71. The van der Waals surface area contributed by atoms with Crippen LogP contribution in [0.5, 0.6) is 0 Å². The highest BCUT2D eigenvalue weighted by atomic mass is 16.7. The van der Waals surface area contributed by atoms with Crippen molar-refractivity contribution in [1.29, 1.82) is 0 Å². The molecule has 0 bridgehead atoms. The molecule has 87 heavy (non-hydrogen) atoms. The first-order valence-corrected chi connectivity index (χ1v) is 26.6. The first kappa shape index (κ1) is 70.8. The molecule has 4 saturated heterocycles. The van der Waals surface area contributed by atoms with Crippen molar-refractivity contribution in [3.8, 4) is 0 Å². The largest absolute Gasteiger partial charge is 0.398 e. The average molecular weight is 1230 g/mol. The summed E-state index contributed by atoms with van der Waals surface area (Å²) in [6, 6.07) is 17.9. The zero-order valence-corrected chi connectivity index (χ0v) is 49.8. The quantitative estimate of drug-likeness (QED) is 0.0633. The summed E-state index contributed by atoms with van der Waals surface area (Å²) >= 11 is 0. The molecule has 34 nitrogen and oxygen atoms in total. The minimum absolute atomic E-state index is 0.0160. The van der Waals surface area contributed by atoms with Crippen molar-refractivity contribution in [3.63, 3.8) is 0 Å². The molecule has 0 N–H and O–H groups in total. The van der Waals surface area contributed by atoms with E-state index < -0.39 is 47.8 Å². The molecule has 5 aromatic rings. The Labute approximate surface area is 497 Å². The maximum atomic E-state index is 11.4. The molecular formula is C53H70N12O22. The van der Waals surface area contributed by atoms with E-state index in [1.54, 1.807) is 57.5 Å². The van der Waals surface area contributed by atoms with E-state index >= 15 is 0 Å². The molecule has 8 heterocycles. The lowest BCUT2D eigenvalue weighted by molar-refractivity contribution is -0.185. The molecule has 0 saturated carbocycles. The standard InChI is InChI=1S/2C9H15NO5.C9H7NO3.C7H7N3O.C7H11NO4.C6H6N4O.C6H9NO3/c2*1-3-4-14-6-15-7-5-8(11)10(13-2)9(7)12;1-13-10-8(11)6-4-2-3-5-7(6)9(10)12;1-11-10-7-5-3-2-4-6(7)8-9-10;1-3-12-5-4-6(9)8(11-2)7(5)10;1-11-10-6-5(8-9-10)3-2-4-7-6;1-4-3-5(8)7(10-2)6(4)9/h2*7H,3-6H2,1-2H3;2-5H,1H3;2-5H,1H3;5H,3-4H2,1-2H3;2-4H,1H3;4H,3H2,1-2H3. The first-order valence-electron chi connectivity index (χ1n) is 26.6. The Hall–Kier alpha value is -8.71. The van der Waals surface area contributed by atoms with Crippen LogP contribution < -0.4 is 9.68 Å². The van der Waals surface area contributed by atoms with Crippen molar-refractivity contribution in [2.45, 2.75) is 84.5 Å². The molecule has 4 fully saturated rings. The predicted octanol–water partition coefficient (Wildman–Crippen LogP) is 1.03. The fourth-order valence-corrected chi connectivity index (χ4v) is 7.71. The summed E-state index contributed by atoms with van der Waals surface area (Å²) in [5, 5.41) is 18.9. The molecular weight excluding hydrogens is 1160 g/mol. The van der Waals surface area contributed by atoms with Crippen LogP contribution in [0.3, 0.4) is 0 Å². The third kappa shape index (κ3) is 19.1. The number of hydrogen-bond acceptors (Lipinski definition) is 27. The lowest BCUT2D eigenvalue weighted by Crippen LogP contribution is -2.32. The van der Waals surface area contributed by atoms with Crippen molar-refractivity contribution in [2.75, 3.05) is 83.2 Å². The van der Waals surface area contributed by atoms with Gasteiger partial charge in [0.2, 0.25) is 5.65 Å². The lowest BCUT2D eigenvalue weighted by atomic mass is 10.1. The molecule has 10 rings (SSSR count). The van der Waals surface area contributed by atoms with Crippen LogP contribution in [0.1, 0.15) is 86.9 Å². The van der Waals surface area contributed by atoms with Crippen LogP contribution in [0, 0.1) is 5.92 Å². The Balaban J connectivity index is 0.000000218. The number of benzene rings is 2. The van der Waals surface area contributed by atoms with Crippen molar-refractivity contribution < 1.29 is 105 Å². The molecule has 0 spiro atoms. The van der Waals surface area contributed by atoms with E-state index in [0.717, 1.165) is 44.6 Å². The second-order valence-corrected chi connectivity index (χ2v) is 17.6. The number of hydrogen-bond donors (Lipinski definition) is 0. The van der Waals surface area contributed by atoms with E-state index in [-0.39, 0.29) is 74.7 Å². The Morgan fingerprint density at radius 3 is 1.25 bits per heavy atom. The van der Waals surface area contributed by atoms with Gasteiger partial charge in [-0.15, -0.1) is 15.3 Å². The molecule has 2 aromatic carbocycles. The van der Waals surface area contributed by atoms with Crippen molar-refractivity contribution in [3.05, 3.63) is 78.0 Å². The highest BCUT2D eigenvalue weighted by molar-refractivity contribution is 6.20. The molecule has 0 radical (unpaired) electrons. The van der Waals surface area contributed by atoms with E-state index in [0.29, 0.717) is 46.7 Å². The van der Waals surface area contributed by atoms with Gasteiger partial charge in [0.25, 0.3) is 59.1 Å². The zero-order chi connectivity index (χ0) is 64.2. The van der Waals surface area contributed by atoms with E-state index in [2.05, 4.69) is 49.8 Å². The van der Waals surface area contributed by atoms with Gasteiger partial charge in [-0.2, -0.15) is 20.3 Å². The van der Waals surface area contributed by atoms with Crippen LogP contribution in [0.2, 0.25) is 0 Å². The first-order chi connectivity index (χ1) is 41.9. The fraction of sp³-hybridized carbons (Fsp3) is 0.491. The molecule has 5 aliphatic heterocycles. The summed E-state index contributed by atoms with van der Waals surface area (Å²) in [4.78, 5) is 151. The van der Waals surface area contributed by atoms with E-state index in [1.807, 2.05) is 44.2 Å². The molecule has 4 atom stereocenters. The summed E-state index contributed by atoms with van der Waals surface area (Å²) in [7, 11) is 9.50. The number of amides is 10. The van der Waals surface area contributed by atoms with Crippen LogP contribution in [0.15, 0.2) is 66.9 Å². The van der Waals surface area contributed by atoms with Gasteiger partial charge < -0.3 is 33.4 Å². The van der Waals surface area contributed by atoms with Gasteiger partial charge in [-0.05, 0) is 66.6 Å². The molecule has 3 aromatic heterocycles. The number of nitrogens with zero attached hydrogens (tertiary/aromatic N) is 12. The van der Waals surface area contributed by atoms with Gasteiger partial charge in [0, 0.05) is 38.4 Å². The van der Waals surface area contributed by atoms with Gasteiger partial charge in [0.1, 0.15) is 50.5 Å².